The van der Waals surface area contributed by atoms with Crippen LogP contribution < -0.4 is 10.9 Å². The van der Waals surface area contributed by atoms with Gasteiger partial charge in [0.25, 0.3) is 5.56 Å². The lowest BCUT2D eigenvalue weighted by Gasteiger charge is -2.07. The van der Waals surface area contributed by atoms with Crippen molar-refractivity contribution in [2.75, 3.05) is 11.1 Å². The summed E-state index contributed by atoms with van der Waals surface area (Å²) < 4.78 is 10.3. The standard InChI is InChI=1S/C20H20N6O3S/c1-13-17(19(28)26(25(13)3)14-8-5-4-6-9-14)21-16(27)12-30-20-23-22-18(24(20)2)15-10-7-11-29-15/h4-11H,12H2,1-3H3,(H,21,27). The zero-order valence-electron chi connectivity index (χ0n) is 16.7. The predicted octanol–water partition coefficient (Wildman–Crippen LogP) is 2.60. The highest BCUT2D eigenvalue weighted by atomic mass is 32.2. The second kappa shape index (κ2) is 8.07. The molecule has 154 valence electrons. The number of carbonyl (C=O) groups excluding carboxylic acids is 1. The number of anilines is 1. The van der Waals surface area contributed by atoms with Gasteiger partial charge in [0.1, 0.15) is 5.69 Å². The van der Waals surface area contributed by atoms with Crippen molar-refractivity contribution in [2.45, 2.75) is 12.1 Å². The largest absolute Gasteiger partial charge is 0.461 e. The molecule has 10 heteroatoms. The van der Waals surface area contributed by atoms with E-state index in [1.54, 1.807) is 48.7 Å². The van der Waals surface area contributed by atoms with E-state index < -0.39 is 0 Å². The maximum atomic E-state index is 12.9. The minimum atomic E-state index is -0.298. The van der Waals surface area contributed by atoms with Crippen LogP contribution in [-0.4, -0.2) is 35.8 Å². The Morgan fingerprint density at radius 1 is 1.13 bits per heavy atom. The first-order chi connectivity index (χ1) is 14.5. The third-order valence-electron chi connectivity index (χ3n) is 4.73. The lowest BCUT2D eigenvalue weighted by atomic mass is 10.3. The molecule has 3 heterocycles. The molecular weight excluding hydrogens is 404 g/mol. The molecule has 4 aromatic rings. The first-order valence-electron chi connectivity index (χ1n) is 9.17. The van der Waals surface area contributed by atoms with Crippen molar-refractivity contribution in [2.24, 2.45) is 14.1 Å². The van der Waals surface area contributed by atoms with E-state index in [0.29, 0.717) is 22.4 Å². The zero-order valence-corrected chi connectivity index (χ0v) is 17.5. The van der Waals surface area contributed by atoms with Gasteiger partial charge in [0.2, 0.25) is 5.91 Å². The van der Waals surface area contributed by atoms with Gasteiger partial charge in [-0.2, -0.15) is 0 Å². The van der Waals surface area contributed by atoms with Crippen LogP contribution in [0.25, 0.3) is 17.3 Å². The van der Waals surface area contributed by atoms with E-state index >= 15 is 0 Å². The average molecular weight is 424 g/mol. The van der Waals surface area contributed by atoms with Crippen LogP contribution in [0.1, 0.15) is 5.69 Å². The van der Waals surface area contributed by atoms with Gasteiger partial charge < -0.3 is 14.3 Å². The number of para-hydroxylation sites is 1. The summed E-state index contributed by atoms with van der Waals surface area (Å²) in [5.74, 6) is 0.965. The van der Waals surface area contributed by atoms with Gasteiger partial charge in [-0.25, -0.2) is 4.68 Å². The zero-order chi connectivity index (χ0) is 21.3. The number of hydrogen-bond donors (Lipinski definition) is 1. The normalized spacial score (nSPS) is 11.0. The van der Waals surface area contributed by atoms with E-state index in [2.05, 4.69) is 15.5 Å². The number of furan rings is 1. The van der Waals surface area contributed by atoms with Crippen molar-refractivity contribution in [1.29, 1.82) is 0 Å². The van der Waals surface area contributed by atoms with E-state index in [1.165, 1.54) is 16.4 Å². The Labute approximate surface area is 176 Å². The SMILES string of the molecule is Cc1c(NC(=O)CSc2nnc(-c3ccco3)n2C)c(=O)n(-c2ccccc2)n1C. The maximum absolute atomic E-state index is 12.9. The summed E-state index contributed by atoms with van der Waals surface area (Å²) in [7, 11) is 3.59. The molecule has 0 aliphatic heterocycles. The van der Waals surface area contributed by atoms with Crippen LogP contribution in [0, 0.1) is 6.92 Å². The number of rotatable bonds is 6. The molecule has 1 amide bonds. The Morgan fingerprint density at radius 2 is 1.90 bits per heavy atom. The average Bonchev–Trinajstić information content (AvgIpc) is 3.44. The number of carbonyl (C=O) groups is 1. The maximum Gasteiger partial charge on any atom is 0.295 e. The van der Waals surface area contributed by atoms with Crippen molar-refractivity contribution in [3.8, 4) is 17.3 Å². The highest BCUT2D eigenvalue weighted by Gasteiger charge is 2.19. The molecule has 0 saturated carbocycles. The van der Waals surface area contributed by atoms with Crippen molar-refractivity contribution in [3.05, 3.63) is 64.8 Å². The second-order valence-corrected chi connectivity index (χ2v) is 7.56. The molecule has 0 aliphatic carbocycles. The van der Waals surface area contributed by atoms with Crippen LogP contribution in [0.15, 0.2) is 63.1 Å². The molecule has 3 aromatic heterocycles. The highest BCUT2D eigenvalue weighted by molar-refractivity contribution is 7.99. The minimum absolute atomic E-state index is 0.0865. The van der Waals surface area contributed by atoms with E-state index in [9.17, 15) is 9.59 Å². The van der Waals surface area contributed by atoms with Gasteiger partial charge in [0.05, 0.1) is 23.4 Å². The molecule has 0 aliphatic rings. The molecule has 0 spiro atoms. The van der Waals surface area contributed by atoms with E-state index in [-0.39, 0.29) is 22.9 Å². The van der Waals surface area contributed by atoms with Crippen molar-refractivity contribution in [3.63, 3.8) is 0 Å². The fourth-order valence-electron chi connectivity index (χ4n) is 3.08. The van der Waals surface area contributed by atoms with Crippen molar-refractivity contribution < 1.29 is 9.21 Å². The summed E-state index contributed by atoms with van der Waals surface area (Å²) in [6.07, 6.45) is 1.56. The van der Waals surface area contributed by atoms with Gasteiger partial charge in [-0.1, -0.05) is 30.0 Å². The molecule has 1 N–H and O–H groups in total. The summed E-state index contributed by atoms with van der Waals surface area (Å²) in [5, 5.41) is 11.5. The summed E-state index contributed by atoms with van der Waals surface area (Å²) in [4.78, 5) is 25.4. The van der Waals surface area contributed by atoms with Crippen LogP contribution in [-0.2, 0) is 18.9 Å². The molecule has 1 aromatic carbocycles. The number of nitrogens with zero attached hydrogens (tertiary/aromatic N) is 5. The van der Waals surface area contributed by atoms with Crippen LogP contribution >= 0.6 is 11.8 Å². The first-order valence-corrected chi connectivity index (χ1v) is 10.2. The molecule has 0 unspecified atom stereocenters. The fraction of sp³-hybridized carbons (Fsp3) is 0.200. The number of amides is 1. The lowest BCUT2D eigenvalue weighted by Crippen LogP contribution is -2.23. The lowest BCUT2D eigenvalue weighted by molar-refractivity contribution is -0.113. The van der Waals surface area contributed by atoms with Gasteiger partial charge in [0, 0.05) is 14.1 Å². The predicted molar refractivity (Wildman–Crippen MR) is 114 cm³/mol. The van der Waals surface area contributed by atoms with Crippen LogP contribution in [0.2, 0.25) is 0 Å². The topological polar surface area (TPSA) is 99.9 Å². The fourth-order valence-corrected chi connectivity index (χ4v) is 3.79. The Balaban J connectivity index is 1.49. The molecule has 0 radical (unpaired) electrons. The van der Waals surface area contributed by atoms with E-state index in [0.717, 1.165) is 5.69 Å². The monoisotopic (exact) mass is 424 g/mol. The number of hydrogen-bond acceptors (Lipinski definition) is 6. The van der Waals surface area contributed by atoms with Crippen LogP contribution in [0.3, 0.4) is 0 Å². The second-order valence-electron chi connectivity index (χ2n) is 6.62. The van der Waals surface area contributed by atoms with Crippen molar-refractivity contribution in [1.82, 2.24) is 24.1 Å². The molecule has 0 atom stereocenters. The number of thioether (sulfide) groups is 1. The third-order valence-corrected chi connectivity index (χ3v) is 5.75. The number of nitrogens with one attached hydrogen (secondary N) is 1. The Hall–Kier alpha value is -3.53. The quantitative estimate of drug-likeness (QED) is 0.478. The molecule has 0 fully saturated rings. The number of benzene rings is 1. The highest BCUT2D eigenvalue weighted by Crippen LogP contribution is 2.23. The minimum Gasteiger partial charge on any atom is -0.461 e. The summed E-state index contributed by atoms with van der Waals surface area (Å²) >= 11 is 1.23. The van der Waals surface area contributed by atoms with Gasteiger partial charge >= 0.3 is 0 Å². The third kappa shape index (κ3) is 3.57. The molecule has 30 heavy (non-hydrogen) atoms. The molecule has 0 bridgehead atoms. The summed E-state index contributed by atoms with van der Waals surface area (Å²) in [6, 6.07) is 12.8. The molecule has 9 nitrogen and oxygen atoms in total. The Bertz CT molecular complexity index is 1240. The Morgan fingerprint density at radius 3 is 2.60 bits per heavy atom. The van der Waals surface area contributed by atoms with E-state index in [1.807, 2.05) is 30.3 Å². The first kappa shape index (κ1) is 19.8. The van der Waals surface area contributed by atoms with Crippen LogP contribution in [0.5, 0.6) is 0 Å². The molecule has 4 rings (SSSR count). The molecular formula is C20H20N6O3S. The van der Waals surface area contributed by atoms with Gasteiger partial charge in [-0.05, 0) is 31.2 Å². The summed E-state index contributed by atoms with van der Waals surface area (Å²) in [6.45, 7) is 1.79. The van der Waals surface area contributed by atoms with Gasteiger partial charge in [-0.15, -0.1) is 10.2 Å². The van der Waals surface area contributed by atoms with E-state index in [4.69, 9.17) is 4.42 Å². The Kier molecular flexibility index (Phi) is 5.32. The van der Waals surface area contributed by atoms with Crippen LogP contribution in [0.4, 0.5) is 5.69 Å². The van der Waals surface area contributed by atoms with Crippen molar-refractivity contribution >= 4 is 23.4 Å². The molecule has 0 saturated heterocycles. The van der Waals surface area contributed by atoms with Gasteiger partial charge in [0.15, 0.2) is 16.7 Å². The smallest absolute Gasteiger partial charge is 0.295 e. The van der Waals surface area contributed by atoms with Gasteiger partial charge in [-0.3, -0.25) is 14.3 Å². The summed E-state index contributed by atoms with van der Waals surface area (Å²) in [5.41, 5.74) is 1.38. The number of aromatic nitrogens is 5.